The van der Waals surface area contributed by atoms with Crippen LogP contribution in [0, 0.1) is 6.92 Å². The average molecular weight is 334 g/mol. The third kappa shape index (κ3) is 4.36. The normalized spacial score (nSPS) is 12.8. The van der Waals surface area contributed by atoms with Gasteiger partial charge in [0.15, 0.2) is 0 Å². The number of aryl methyl sites for hydroxylation is 1. The van der Waals surface area contributed by atoms with Crippen molar-refractivity contribution in [3.05, 3.63) is 35.0 Å². The van der Waals surface area contributed by atoms with Crippen LogP contribution in [0.5, 0.6) is 0 Å². The summed E-state index contributed by atoms with van der Waals surface area (Å²) in [7, 11) is 0. The molecule has 0 aliphatic heterocycles. The highest BCUT2D eigenvalue weighted by atomic mass is 35.5. The van der Waals surface area contributed by atoms with Crippen molar-refractivity contribution in [2.75, 3.05) is 18.4 Å². The third-order valence-electron chi connectivity index (χ3n) is 4.42. The zero-order chi connectivity index (χ0) is 16.8. The minimum atomic E-state index is 0.352. The van der Waals surface area contributed by atoms with E-state index in [2.05, 4.69) is 49.0 Å². The van der Waals surface area contributed by atoms with E-state index in [0.717, 1.165) is 35.4 Å². The van der Waals surface area contributed by atoms with Crippen LogP contribution in [-0.2, 0) is 0 Å². The number of halogens is 1. The predicted molar refractivity (Wildman–Crippen MR) is 101 cm³/mol. The summed E-state index contributed by atoms with van der Waals surface area (Å²) < 4.78 is 0. The fourth-order valence-corrected chi connectivity index (χ4v) is 3.20. The summed E-state index contributed by atoms with van der Waals surface area (Å²) in [6.45, 7) is 10.9. The van der Waals surface area contributed by atoms with Crippen LogP contribution in [0.4, 0.5) is 5.69 Å². The quantitative estimate of drug-likeness (QED) is 0.649. The first-order valence-corrected chi connectivity index (χ1v) is 9.03. The first-order valence-electron chi connectivity index (χ1n) is 8.66. The van der Waals surface area contributed by atoms with Gasteiger partial charge in [0.1, 0.15) is 0 Å². The first kappa shape index (κ1) is 18.0. The van der Waals surface area contributed by atoms with Gasteiger partial charge in [0.05, 0.1) is 11.7 Å². The number of pyridine rings is 1. The standard InChI is InChI=1S/C19H28ClN3/c1-5-8-9-18(23(6-2)7-3)22-19-14(4)13-21-17-12-15(20)10-11-16(17)19/h10-13,18H,5-9H2,1-4H3,(H,21,22). The highest BCUT2D eigenvalue weighted by molar-refractivity contribution is 6.31. The van der Waals surface area contributed by atoms with E-state index < -0.39 is 0 Å². The molecule has 126 valence electrons. The summed E-state index contributed by atoms with van der Waals surface area (Å²) in [6.07, 6.45) is 5.87. The smallest absolute Gasteiger partial charge is 0.0793 e. The molecular weight excluding hydrogens is 306 g/mol. The van der Waals surface area contributed by atoms with Crippen LogP contribution < -0.4 is 5.32 Å². The minimum Gasteiger partial charge on any atom is -0.369 e. The number of hydrogen-bond donors (Lipinski definition) is 1. The van der Waals surface area contributed by atoms with E-state index in [1.165, 1.54) is 24.1 Å². The molecule has 2 aromatic rings. The molecule has 0 saturated carbocycles. The molecule has 0 fully saturated rings. The molecule has 0 amide bonds. The van der Waals surface area contributed by atoms with Gasteiger partial charge in [-0.15, -0.1) is 0 Å². The lowest BCUT2D eigenvalue weighted by Crippen LogP contribution is -2.41. The summed E-state index contributed by atoms with van der Waals surface area (Å²) in [4.78, 5) is 7.00. The Labute approximate surface area is 145 Å². The Bertz CT molecular complexity index is 638. The van der Waals surface area contributed by atoms with Crippen LogP contribution >= 0.6 is 11.6 Å². The Morgan fingerprint density at radius 3 is 2.61 bits per heavy atom. The number of rotatable bonds is 8. The molecule has 0 bridgehead atoms. The fraction of sp³-hybridized carbons (Fsp3) is 0.526. The Kier molecular flexibility index (Phi) is 6.67. The number of hydrogen-bond acceptors (Lipinski definition) is 3. The SMILES string of the molecule is CCCCC(Nc1c(C)cnc2cc(Cl)ccc12)N(CC)CC. The number of unbranched alkanes of at least 4 members (excludes halogenated alkanes) is 1. The maximum atomic E-state index is 6.11. The summed E-state index contributed by atoms with van der Waals surface area (Å²) >= 11 is 6.11. The lowest BCUT2D eigenvalue weighted by atomic mass is 10.1. The van der Waals surface area contributed by atoms with Crippen LogP contribution in [0.2, 0.25) is 5.02 Å². The molecule has 1 aromatic carbocycles. The third-order valence-corrected chi connectivity index (χ3v) is 4.65. The van der Waals surface area contributed by atoms with Gasteiger partial charge in [-0.2, -0.15) is 0 Å². The molecule has 0 aliphatic rings. The number of fused-ring (bicyclic) bond motifs is 1. The van der Waals surface area contributed by atoms with Crippen molar-refractivity contribution in [2.45, 2.75) is 53.1 Å². The van der Waals surface area contributed by atoms with E-state index in [0.29, 0.717) is 6.17 Å². The Morgan fingerprint density at radius 1 is 1.22 bits per heavy atom. The van der Waals surface area contributed by atoms with Crippen molar-refractivity contribution in [3.63, 3.8) is 0 Å². The van der Waals surface area contributed by atoms with Crippen LogP contribution in [0.3, 0.4) is 0 Å². The molecule has 0 spiro atoms. The van der Waals surface area contributed by atoms with Gasteiger partial charge in [-0.05, 0) is 50.2 Å². The molecule has 1 aromatic heterocycles. The number of nitrogens with one attached hydrogen (secondary N) is 1. The van der Waals surface area contributed by atoms with E-state index in [1.807, 2.05) is 18.3 Å². The molecule has 4 heteroatoms. The number of nitrogens with zero attached hydrogens (tertiary/aromatic N) is 2. The second kappa shape index (κ2) is 8.51. The summed E-state index contributed by atoms with van der Waals surface area (Å²) in [5, 5.41) is 5.66. The van der Waals surface area contributed by atoms with Crippen LogP contribution in [0.25, 0.3) is 10.9 Å². The Hall–Kier alpha value is -1.32. The monoisotopic (exact) mass is 333 g/mol. The Morgan fingerprint density at radius 2 is 1.96 bits per heavy atom. The minimum absolute atomic E-state index is 0.352. The van der Waals surface area contributed by atoms with Crippen LogP contribution in [0.1, 0.15) is 45.6 Å². The zero-order valence-electron chi connectivity index (χ0n) is 14.7. The molecule has 0 radical (unpaired) electrons. The summed E-state index contributed by atoms with van der Waals surface area (Å²) in [6, 6.07) is 5.94. The van der Waals surface area contributed by atoms with E-state index in [-0.39, 0.29) is 0 Å². The van der Waals surface area contributed by atoms with E-state index in [9.17, 15) is 0 Å². The molecule has 1 atom stereocenters. The van der Waals surface area contributed by atoms with Gasteiger partial charge in [0, 0.05) is 22.3 Å². The average Bonchev–Trinajstić information content (AvgIpc) is 2.55. The Balaban J connectivity index is 2.38. The molecule has 1 unspecified atom stereocenters. The number of aromatic nitrogens is 1. The maximum absolute atomic E-state index is 6.11. The molecule has 1 N–H and O–H groups in total. The maximum Gasteiger partial charge on any atom is 0.0793 e. The second-order valence-corrected chi connectivity index (χ2v) is 6.44. The first-order chi connectivity index (χ1) is 11.1. The van der Waals surface area contributed by atoms with Crippen molar-refractivity contribution >= 4 is 28.2 Å². The highest BCUT2D eigenvalue weighted by Crippen LogP contribution is 2.29. The van der Waals surface area contributed by atoms with Crippen LogP contribution in [0.15, 0.2) is 24.4 Å². The van der Waals surface area contributed by atoms with Crippen molar-refractivity contribution in [1.29, 1.82) is 0 Å². The van der Waals surface area contributed by atoms with Crippen molar-refractivity contribution < 1.29 is 0 Å². The topological polar surface area (TPSA) is 28.2 Å². The molecule has 1 heterocycles. The molecule has 23 heavy (non-hydrogen) atoms. The lowest BCUT2D eigenvalue weighted by molar-refractivity contribution is 0.225. The van der Waals surface area contributed by atoms with Gasteiger partial charge in [-0.3, -0.25) is 9.88 Å². The number of benzene rings is 1. The largest absolute Gasteiger partial charge is 0.369 e. The van der Waals surface area contributed by atoms with E-state index >= 15 is 0 Å². The predicted octanol–water partition coefficient (Wildman–Crippen LogP) is 5.47. The van der Waals surface area contributed by atoms with Gasteiger partial charge < -0.3 is 5.32 Å². The lowest BCUT2D eigenvalue weighted by Gasteiger charge is -2.32. The van der Waals surface area contributed by atoms with Gasteiger partial charge in [-0.1, -0.05) is 45.2 Å². The van der Waals surface area contributed by atoms with E-state index in [4.69, 9.17) is 11.6 Å². The number of anilines is 1. The molecule has 3 nitrogen and oxygen atoms in total. The molecule has 0 saturated heterocycles. The van der Waals surface area contributed by atoms with Crippen molar-refractivity contribution in [1.82, 2.24) is 9.88 Å². The summed E-state index contributed by atoms with van der Waals surface area (Å²) in [5.41, 5.74) is 3.30. The highest BCUT2D eigenvalue weighted by Gasteiger charge is 2.17. The van der Waals surface area contributed by atoms with Gasteiger partial charge in [0.2, 0.25) is 0 Å². The zero-order valence-corrected chi connectivity index (χ0v) is 15.5. The van der Waals surface area contributed by atoms with Gasteiger partial charge in [-0.25, -0.2) is 0 Å². The van der Waals surface area contributed by atoms with E-state index in [1.54, 1.807) is 0 Å². The molecular formula is C19H28ClN3. The second-order valence-electron chi connectivity index (χ2n) is 6.00. The molecule has 2 rings (SSSR count). The van der Waals surface area contributed by atoms with Crippen LogP contribution in [-0.4, -0.2) is 29.1 Å². The van der Waals surface area contributed by atoms with Crippen molar-refractivity contribution in [3.8, 4) is 0 Å². The summed E-state index contributed by atoms with van der Waals surface area (Å²) in [5.74, 6) is 0. The molecule has 0 aliphatic carbocycles. The fourth-order valence-electron chi connectivity index (χ4n) is 3.03. The van der Waals surface area contributed by atoms with Gasteiger partial charge in [0.25, 0.3) is 0 Å². The van der Waals surface area contributed by atoms with Crippen molar-refractivity contribution in [2.24, 2.45) is 0 Å². The van der Waals surface area contributed by atoms with Gasteiger partial charge >= 0.3 is 0 Å².